The van der Waals surface area contributed by atoms with E-state index in [0.29, 0.717) is 16.9 Å². The first-order valence-corrected chi connectivity index (χ1v) is 8.02. The van der Waals surface area contributed by atoms with E-state index in [2.05, 4.69) is 20.2 Å². The lowest BCUT2D eigenvalue weighted by Crippen LogP contribution is -2.13. The quantitative estimate of drug-likeness (QED) is 0.575. The van der Waals surface area contributed by atoms with E-state index in [1.165, 1.54) is 13.0 Å². The molecular weight excluding hydrogens is 316 g/mol. The molecule has 0 atom stereocenters. The van der Waals surface area contributed by atoms with Gasteiger partial charge in [-0.3, -0.25) is 9.52 Å². The number of nitrogens with one attached hydrogen (secondary N) is 2. The zero-order chi connectivity index (χ0) is 15.6. The molecule has 10 heteroatoms. The minimum absolute atomic E-state index is 0.0475. The average Bonchev–Trinajstić information content (AvgIpc) is 2.83. The number of hydrogen-bond acceptors (Lipinski definition) is 7. The summed E-state index contributed by atoms with van der Waals surface area (Å²) in [5, 5.41) is 19.3. The number of para-hydroxylation sites is 1. The molecule has 0 saturated heterocycles. The Morgan fingerprint density at radius 1 is 1.33 bits per heavy atom. The maximum Gasteiger partial charge on any atom is 0.291 e. The molecule has 1 heterocycles. The maximum absolute atomic E-state index is 12.1. The normalized spacial score (nSPS) is 11.1. The molecule has 0 saturated carbocycles. The van der Waals surface area contributed by atoms with E-state index >= 15 is 0 Å². The lowest BCUT2D eigenvalue weighted by Gasteiger charge is -2.08. The number of hydrogen-bond donors (Lipinski definition) is 3. The van der Waals surface area contributed by atoms with Crippen molar-refractivity contribution in [3.63, 3.8) is 0 Å². The van der Waals surface area contributed by atoms with Crippen LogP contribution in [0.3, 0.4) is 0 Å². The molecule has 3 N–H and O–H groups in total. The number of aromatic hydroxyl groups is 1. The number of aryl methyl sites for hydroxylation is 1. The maximum atomic E-state index is 12.1. The van der Waals surface area contributed by atoms with Crippen molar-refractivity contribution in [3.8, 4) is 5.75 Å². The minimum atomic E-state index is -3.98. The molecule has 21 heavy (non-hydrogen) atoms. The van der Waals surface area contributed by atoms with Crippen LogP contribution < -0.4 is 10.0 Å². The van der Waals surface area contributed by atoms with Crippen molar-refractivity contribution in [2.75, 3.05) is 10.0 Å². The molecule has 0 fully saturated rings. The molecule has 1 aromatic carbocycles. The number of anilines is 2. The van der Waals surface area contributed by atoms with Crippen LogP contribution in [0.4, 0.5) is 10.8 Å². The molecule has 0 aliphatic carbocycles. The largest absolute Gasteiger partial charge is 0.505 e. The van der Waals surface area contributed by atoms with E-state index in [4.69, 9.17) is 0 Å². The molecule has 0 unspecified atom stereocenters. The first-order valence-electron chi connectivity index (χ1n) is 5.72. The number of rotatable bonds is 4. The molecule has 1 aromatic heterocycles. The molecule has 2 rings (SSSR count). The minimum Gasteiger partial charge on any atom is -0.505 e. The summed E-state index contributed by atoms with van der Waals surface area (Å²) in [6, 6.07) is 4.68. The Hall–Kier alpha value is -2.20. The van der Waals surface area contributed by atoms with Gasteiger partial charge in [-0.2, -0.15) is 8.42 Å². The highest BCUT2D eigenvalue weighted by Gasteiger charge is 2.22. The molecule has 0 spiro atoms. The Kier molecular flexibility index (Phi) is 4.09. The third kappa shape index (κ3) is 3.47. The van der Waals surface area contributed by atoms with Crippen LogP contribution in [0.25, 0.3) is 0 Å². The highest BCUT2D eigenvalue weighted by Crippen LogP contribution is 2.29. The topological polar surface area (TPSA) is 121 Å². The predicted octanol–water partition coefficient (Wildman–Crippen LogP) is 1.31. The monoisotopic (exact) mass is 328 g/mol. The second-order valence-corrected chi connectivity index (χ2v) is 6.96. The summed E-state index contributed by atoms with van der Waals surface area (Å²) >= 11 is 0.711. The second kappa shape index (κ2) is 5.66. The number of phenols is 1. The SMILES string of the molecule is CC(=O)Nc1nnc(S(=O)(=O)Nc2cccc(C)c2O)s1. The third-order valence-electron chi connectivity index (χ3n) is 2.40. The van der Waals surface area contributed by atoms with Gasteiger partial charge in [-0.15, -0.1) is 10.2 Å². The third-order valence-corrected chi connectivity index (χ3v) is 4.97. The van der Waals surface area contributed by atoms with Crippen molar-refractivity contribution in [3.05, 3.63) is 23.8 Å². The molecule has 0 bridgehead atoms. The number of nitrogens with zero attached hydrogens (tertiary/aromatic N) is 2. The van der Waals surface area contributed by atoms with Gasteiger partial charge in [-0.25, -0.2) is 0 Å². The van der Waals surface area contributed by atoms with Gasteiger partial charge in [-0.05, 0) is 18.6 Å². The molecule has 1 amide bonds. The van der Waals surface area contributed by atoms with E-state index in [-0.39, 0.29) is 26.8 Å². The van der Waals surface area contributed by atoms with Gasteiger partial charge in [0.2, 0.25) is 11.0 Å². The Morgan fingerprint density at radius 2 is 2.05 bits per heavy atom. The van der Waals surface area contributed by atoms with E-state index in [1.807, 2.05) is 0 Å². The van der Waals surface area contributed by atoms with Crippen molar-refractivity contribution < 1.29 is 18.3 Å². The predicted molar refractivity (Wildman–Crippen MR) is 77.9 cm³/mol. The number of aromatic nitrogens is 2. The van der Waals surface area contributed by atoms with Crippen LogP contribution >= 0.6 is 11.3 Å². The van der Waals surface area contributed by atoms with Gasteiger partial charge in [0.25, 0.3) is 14.4 Å². The fourth-order valence-corrected chi connectivity index (χ4v) is 3.46. The summed E-state index contributed by atoms with van der Waals surface area (Å²) in [6.07, 6.45) is 0. The molecule has 0 aliphatic rings. The van der Waals surface area contributed by atoms with Crippen LogP contribution in [0.5, 0.6) is 5.75 Å². The van der Waals surface area contributed by atoms with Crippen LogP contribution in [0, 0.1) is 6.92 Å². The standard InChI is InChI=1S/C11H12N4O4S2/c1-6-4-3-5-8(9(6)17)15-21(18,19)11-14-13-10(20-11)12-7(2)16/h3-5,15,17H,1-2H3,(H,12,13,16). The zero-order valence-corrected chi connectivity index (χ0v) is 12.7. The van der Waals surface area contributed by atoms with Crippen molar-refractivity contribution >= 4 is 38.1 Å². The molecule has 8 nitrogen and oxygen atoms in total. The van der Waals surface area contributed by atoms with Crippen molar-refractivity contribution in [1.29, 1.82) is 0 Å². The van der Waals surface area contributed by atoms with Crippen LogP contribution in [0.15, 0.2) is 22.5 Å². The van der Waals surface area contributed by atoms with Gasteiger partial charge >= 0.3 is 0 Å². The fourth-order valence-electron chi connectivity index (χ4n) is 1.45. The Balaban J connectivity index is 2.28. The number of carbonyl (C=O) groups excluding carboxylic acids is 1. The van der Waals surface area contributed by atoms with E-state index in [1.54, 1.807) is 19.1 Å². The summed E-state index contributed by atoms with van der Waals surface area (Å²) in [5.74, 6) is -0.535. The van der Waals surface area contributed by atoms with E-state index in [9.17, 15) is 18.3 Å². The average molecular weight is 328 g/mol. The summed E-state index contributed by atoms with van der Waals surface area (Å²) in [7, 11) is -3.98. The van der Waals surface area contributed by atoms with Gasteiger partial charge in [-0.1, -0.05) is 23.5 Å². The van der Waals surface area contributed by atoms with Crippen LogP contribution in [-0.4, -0.2) is 29.6 Å². The number of amides is 1. The van der Waals surface area contributed by atoms with Crippen molar-refractivity contribution in [1.82, 2.24) is 10.2 Å². The summed E-state index contributed by atoms with van der Waals surface area (Å²) in [4.78, 5) is 10.9. The van der Waals surface area contributed by atoms with Crippen molar-refractivity contribution in [2.24, 2.45) is 0 Å². The van der Waals surface area contributed by atoms with E-state index in [0.717, 1.165) is 0 Å². The highest BCUT2D eigenvalue weighted by atomic mass is 32.2. The van der Waals surface area contributed by atoms with Gasteiger partial charge < -0.3 is 10.4 Å². The lowest BCUT2D eigenvalue weighted by atomic mass is 10.2. The Morgan fingerprint density at radius 3 is 2.71 bits per heavy atom. The fraction of sp³-hybridized carbons (Fsp3) is 0.182. The first kappa shape index (κ1) is 15.2. The lowest BCUT2D eigenvalue weighted by molar-refractivity contribution is -0.114. The summed E-state index contributed by atoms with van der Waals surface area (Å²) < 4.78 is 26.2. The highest BCUT2D eigenvalue weighted by molar-refractivity contribution is 7.94. The second-order valence-electron chi connectivity index (χ2n) is 4.13. The van der Waals surface area contributed by atoms with Crippen LogP contribution in [0.2, 0.25) is 0 Å². The van der Waals surface area contributed by atoms with Crippen molar-refractivity contribution in [2.45, 2.75) is 18.2 Å². The molecule has 0 aliphatic heterocycles. The zero-order valence-electron chi connectivity index (χ0n) is 11.1. The van der Waals surface area contributed by atoms with Gasteiger partial charge in [0.05, 0.1) is 5.69 Å². The summed E-state index contributed by atoms with van der Waals surface area (Å²) in [5.41, 5.74) is 0.581. The van der Waals surface area contributed by atoms with Gasteiger partial charge in [0, 0.05) is 6.92 Å². The van der Waals surface area contributed by atoms with E-state index < -0.39 is 10.0 Å². The Labute approximate surface area is 124 Å². The van der Waals surface area contributed by atoms with Crippen LogP contribution in [0.1, 0.15) is 12.5 Å². The van der Waals surface area contributed by atoms with Crippen LogP contribution in [-0.2, 0) is 14.8 Å². The van der Waals surface area contributed by atoms with Gasteiger partial charge in [0.15, 0.2) is 0 Å². The smallest absolute Gasteiger partial charge is 0.291 e. The Bertz CT molecular complexity index is 785. The summed E-state index contributed by atoms with van der Waals surface area (Å²) in [6.45, 7) is 2.92. The molecule has 112 valence electrons. The molecule has 2 aromatic rings. The number of carbonyl (C=O) groups is 1. The molecular formula is C11H12N4O4S2. The number of sulfonamides is 1. The number of phenolic OH excluding ortho intramolecular Hbond substituents is 1. The first-order chi connectivity index (χ1) is 9.79. The molecule has 0 radical (unpaired) electrons. The number of benzene rings is 1. The van der Waals surface area contributed by atoms with Gasteiger partial charge in [0.1, 0.15) is 5.75 Å².